The molecule has 1 aliphatic rings. The van der Waals surface area contributed by atoms with Crippen LogP contribution in [0.15, 0.2) is 0 Å². The SMILES string of the molecule is CCCCCCCCCCCCCCCCCCCCCCCCCC(=O)OC[C@@H](CO[C@H]1O[C@@H](CO)[C@@H](O)C(O)C1O)OC(=O)CCCCCCCCCCCCCCCCCCCCCCCCC. The van der Waals surface area contributed by atoms with Crippen LogP contribution in [0.25, 0.3) is 0 Å². The quantitative estimate of drug-likeness (QED) is 0.0342. The molecule has 1 fully saturated rings. The van der Waals surface area contributed by atoms with Gasteiger partial charge in [0.15, 0.2) is 12.4 Å². The minimum absolute atomic E-state index is 0.208. The van der Waals surface area contributed by atoms with Gasteiger partial charge in [0, 0.05) is 12.8 Å². The summed E-state index contributed by atoms with van der Waals surface area (Å²) in [5.41, 5.74) is 0. The summed E-state index contributed by atoms with van der Waals surface area (Å²) in [6.45, 7) is 3.51. The van der Waals surface area contributed by atoms with Crippen molar-refractivity contribution in [2.24, 2.45) is 0 Å². The van der Waals surface area contributed by atoms with Crippen molar-refractivity contribution in [2.75, 3.05) is 19.8 Å². The maximum Gasteiger partial charge on any atom is 0.306 e. The summed E-state index contributed by atoms with van der Waals surface area (Å²) >= 11 is 0. The lowest BCUT2D eigenvalue weighted by Crippen LogP contribution is -2.59. The first-order valence-electron chi connectivity index (χ1n) is 31.1. The number of aliphatic hydroxyl groups excluding tert-OH is 4. The van der Waals surface area contributed by atoms with Crippen LogP contribution in [0, 0.1) is 0 Å². The summed E-state index contributed by atoms with van der Waals surface area (Å²) in [5, 5.41) is 40.4. The molecule has 1 heterocycles. The number of carbonyl (C=O) groups excluding carboxylic acids is 2. The monoisotopic (exact) mass is 1010 g/mol. The van der Waals surface area contributed by atoms with Crippen molar-refractivity contribution in [3.05, 3.63) is 0 Å². The van der Waals surface area contributed by atoms with E-state index in [1.54, 1.807) is 0 Å². The van der Waals surface area contributed by atoms with E-state index in [9.17, 15) is 30.0 Å². The van der Waals surface area contributed by atoms with Crippen molar-refractivity contribution >= 4 is 11.9 Å². The highest BCUT2D eigenvalue weighted by Crippen LogP contribution is 2.23. The second-order valence-electron chi connectivity index (χ2n) is 21.9. The van der Waals surface area contributed by atoms with Gasteiger partial charge in [-0.2, -0.15) is 0 Å². The van der Waals surface area contributed by atoms with Gasteiger partial charge in [-0.05, 0) is 12.8 Å². The van der Waals surface area contributed by atoms with Gasteiger partial charge < -0.3 is 39.4 Å². The Morgan fingerprint density at radius 2 is 0.662 bits per heavy atom. The molecule has 10 nitrogen and oxygen atoms in total. The highest BCUT2D eigenvalue weighted by molar-refractivity contribution is 5.70. The van der Waals surface area contributed by atoms with Crippen LogP contribution in [-0.4, -0.2) is 89.0 Å². The fourth-order valence-electron chi connectivity index (χ4n) is 10.1. The van der Waals surface area contributed by atoms with Crippen molar-refractivity contribution in [1.82, 2.24) is 0 Å². The smallest absolute Gasteiger partial charge is 0.306 e. The van der Waals surface area contributed by atoms with E-state index in [1.165, 1.54) is 257 Å². The molecule has 6 atom stereocenters. The molecule has 0 aromatic carbocycles. The maximum absolute atomic E-state index is 12.9. The largest absolute Gasteiger partial charge is 0.462 e. The zero-order valence-electron chi connectivity index (χ0n) is 46.8. The van der Waals surface area contributed by atoms with Gasteiger partial charge >= 0.3 is 11.9 Å². The summed E-state index contributed by atoms with van der Waals surface area (Å²) in [4.78, 5) is 25.6. The molecule has 1 rings (SSSR count). The molecular weight excluding hydrogens is 893 g/mol. The fourth-order valence-corrected chi connectivity index (χ4v) is 10.1. The second-order valence-corrected chi connectivity index (χ2v) is 21.9. The van der Waals surface area contributed by atoms with Gasteiger partial charge in [0.2, 0.25) is 0 Å². The van der Waals surface area contributed by atoms with Crippen LogP contribution in [0.4, 0.5) is 0 Å². The van der Waals surface area contributed by atoms with E-state index in [4.69, 9.17) is 18.9 Å². The predicted molar refractivity (Wildman–Crippen MR) is 294 cm³/mol. The summed E-state index contributed by atoms with van der Waals surface area (Å²) in [5.74, 6) is -0.779. The minimum Gasteiger partial charge on any atom is -0.462 e. The number of esters is 2. The number of ether oxygens (including phenoxy) is 4. The third-order valence-electron chi connectivity index (χ3n) is 15.0. The molecule has 422 valence electrons. The van der Waals surface area contributed by atoms with Gasteiger partial charge in [-0.1, -0.05) is 296 Å². The Labute approximate surface area is 438 Å². The molecule has 0 radical (unpaired) electrons. The van der Waals surface area contributed by atoms with Crippen LogP contribution in [0.2, 0.25) is 0 Å². The van der Waals surface area contributed by atoms with Gasteiger partial charge in [-0.25, -0.2) is 0 Å². The molecule has 0 saturated carbocycles. The van der Waals surface area contributed by atoms with Gasteiger partial charge in [-0.15, -0.1) is 0 Å². The first-order valence-corrected chi connectivity index (χ1v) is 31.1. The fraction of sp³-hybridized carbons (Fsp3) is 0.967. The number of hydrogen-bond donors (Lipinski definition) is 4. The van der Waals surface area contributed by atoms with Crippen molar-refractivity contribution < 1.29 is 49.0 Å². The molecule has 0 bridgehead atoms. The lowest BCUT2D eigenvalue weighted by atomic mass is 9.99. The summed E-state index contributed by atoms with van der Waals surface area (Å²) < 4.78 is 22.4. The molecule has 71 heavy (non-hydrogen) atoms. The summed E-state index contributed by atoms with van der Waals surface area (Å²) in [6.07, 6.45) is 52.8. The highest BCUT2D eigenvalue weighted by atomic mass is 16.7. The van der Waals surface area contributed by atoms with Crippen molar-refractivity contribution in [1.29, 1.82) is 0 Å². The van der Waals surface area contributed by atoms with Crippen LogP contribution in [-0.2, 0) is 28.5 Å². The normalized spacial score (nSPS) is 18.5. The van der Waals surface area contributed by atoms with E-state index in [0.717, 1.165) is 32.1 Å². The van der Waals surface area contributed by atoms with Crippen molar-refractivity contribution in [3.8, 4) is 0 Å². The Balaban J connectivity index is 2.15. The molecule has 0 aliphatic carbocycles. The molecule has 4 N–H and O–H groups in total. The summed E-state index contributed by atoms with van der Waals surface area (Å²) in [7, 11) is 0. The van der Waals surface area contributed by atoms with Gasteiger partial charge in [0.25, 0.3) is 0 Å². The second kappa shape index (κ2) is 52.2. The van der Waals surface area contributed by atoms with E-state index in [0.29, 0.717) is 6.42 Å². The highest BCUT2D eigenvalue weighted by Gasteiger charge is 2.44. The number of hydrogen-bond acceptors (Lipinski definition) is 10. The van der Waals surface area contributed by atoms with E-state index in [-0.39, 0.29) is 32.0 Å². The molecule has 0 amide bonds. The van der Waals surface area contributed by atoms with Crippen LogP contribution < -0.4 is 0 Å². The van der Waals surface area contributed by atoms with Crippen LogP contribution >= 0.6 is 0 Å². The number of rotatable bonds is 55. The van der Waals surface area contributed by atoms with E-state index < -0.39 is 49.4 Å². The van der Waals surface area contributed by atoms with E-state index in [1.807, 2.05) is 0 Å². The number of carbonyl (C=O) groups is 2. The molecule has 0 aromatic rings. The Hall–Kier alpha value is -1.30. The molecular formula is C61H118O10. The lowest BCUT2D eigenvalue weighted by molar-refractivity contribution is -0.305. The third-order valence-corrected chi connectivity index (χ3v) is 15.0. The Bertz CT molecular complexity index is 1120. The van der Waals surface area contributed by atoms with Gasteiger partial charge in [-0.3, -0.25) is 9.59 Å². The maximum atomic E-state index is 12.9. The number of aliphatic hydroxyl groups is 4. The Kier molecular flexibility index (Phi) is 49.7. The number of unbranched alkanes of at least 4 members (excludes halogenated alkanes) is 44. The van der Waals surface area contributed by atoms with Gasteiger partial charge in [0.05, 0.1) is 13.2 Å². The lowest BCUT2D eigenvalue weighted by Gasteiger charge is -2.39. The first-order chi connectivity index (χ1) is 34.8. The topological polar surface area (TPSA) is 152 Å². The van der Waals surface area contributed by atoms with Crippen LogP contribution in [0.5, 0.6) is 0 Å². The molecule has 1 aliphatic heterocycles. The third kappa shape index (κ3) is 42.6. The molecule has 0 spiro atoms. The molecule has 2 unspecified atom stereocenters. The van der Waals surface area contributed by atoms with Gasteiger partial charge in [0.1, 0.15) is 31.0 Å². The zero-order chi connectivity index (χ0) is 51.5. The minimum atomic E-state index is -1.59. The average Bonchev–Trinajstić information content (AvgIpc) is 3.37. The predicted octanol–water partition coefficient (Wildman–Crippen LogP) is 16.0. The Morgan fingerprint density at radius 1 is 0.380 bits per heavy atom. The summed E-state index contributed by atoms with van der Waals surface area (Å²) in [6, 6.07) is 0. The van der Waals surface area contributed by atoms with Crippen LogP contribution in [0.1, 0.15) is 322 Å². The standard InChI is InChI=1S/C61H118O10/c1-3-5-7-9-11-13-15-17-19-21-23-25-27-29-31-33-35-37-39-41-43-45-47-49-56(63)68-52-54(53-69-61-60(67)59(66)58(65)55(51-62)71-61)70-57(64)50-48-46-44-42-40-38-36-34-32-30-28-26-24-22-20-18-16-14-12-10-8-6-4-2/h54-55,58-62,65-67H,3-53H2,1-2H3/t54-,55-,58+,59?,60?,61-/m0/s1. The van der Waals surface area contributed by atoms with Crippen molar-refractivity contribution in [3.63, 3.8) is 0 Å². The average molecular weight is 1010 g/mol. The molecule has 1 saturated heterocycles. The van der Waals surface area contributed by atoms with E-state index in [2.05, 4.69) is 13.8 Å². The van der Waals surface area contributed by atoms with Crippen LogP contribution in [0.3, 0.4) is 0 Å². The Morgan fingerprint density at radius 3 is 0.958 bits per heavy atom. The molecule has 10 heteroatoms. The van der Waals surface area contributed by atoms with E-state index >= 15 is 0 Å². The zero-order valence-corrected chi connectivity index (χ0v) is 46.8. The van der Waals surface area contributed by atoms with Crippen molar-refractivity contribution in [2.45, 2.75) is 359 Å². The molecule has 0 aromatic heterocycles. The first kappa shape index (κ1) is 67.7.